The molecule has 1 heterocycles. The van der Waals surface area contributed by atoms with Crippen LogP contribution < -0.4 is 5.32 Å². The zero-order valence-electron chi connectivity index (χ0n) is 11.0. The predicted molar refractivity (Wildman–Crippen MR) is 69.6 cm³/mol. The largest absolute Gasteiger partial charge is 0.313 e. The van der Waals surface area contributed by atoms with Crippen LogP contribution in [0.15, 0.2) is 0 Å². The highest BCUT2D eigenvalue weighted by molar-refractivity contribution is 4.87. The molecule has 0 aromatic heterocycles. The lowest BCUT2D eigenvalue weighted by Gasteiger charge is -2.20. The molecule has 2 atom stereocenters. The van der Waals surface area contributed by atoms with Crippen LogP contribution in [0.2, 0.25) is 0 Å². The number of hydrogen-bond donors (Lipinski definition) is 1. The monoisotopic (exact) mass is 224 g/mol. The van der Waals surface area contributed by atoms with Crippen molar-refractivity contribution < 1.29 is 0 Å². The fourth-order valence-electron chi connectivity index (χ4n) is 3.00. The van der Waals surface area contributed by atoms with Crippen LogP contribution >= 0.6 is 0 Å². The van der Waals surface area contributed by atoms with E-state index in [1.54, 1.807) is 0 Å². The molecule has 0 aromatic rings. The molecule has 2 fully saturated rings. The molecule has 2 unspecified atom stereocenters. The summed E-state index contributed by atoms with van der Waals surface area (Å²) in [7, 11) is 0. The number of nitrogens with one attached hydrogen (secondary N) is 1. The first-order valence-corrected chi connectivity index (χ1v) is 7.29. The first-order chi connectivity index (χ1) is 7.83. The number of nitrogens with zero attached hydrogens (tertiary/aromatic N) is 1. The van der Waals surface area contributed by atoms with Crippen molar-refractivity contribution in [2.45, 2.75) is 52.0 Å². The maximum Gasteiger partial charge on any atom is 0.00953 e. The van der Waals surface area contributed by atoms with Gasteiger partial charge in [-0.15, -0.1) is 0 Å². The minimum Gasteiger partial charge on any atom is -0.313 e. The third-order valence-electron chi connectivity index (χ3n) is 4.28. The molecule has 1 saturated heterocycles. The minimum atomic E-state index is 0.834. The van der Waals surface area contributed by atoms with Crippen molar-refractivity contribution in [2.24, 2.45) is 11.8 Å². The van der Waals surface area contributed by atoms with E-state index in [1.165, 1.54) is 58.3 Å². The third kappa shape index (κ3) is 3.46. The van der Waals surface area contributed by atoms with Crippen LogP contribution in [-0.4, -0.2) is 37.1 Å². The highest BCUT2D eigenvalue weighted by Crippen LogP contribution is 2.34. The van der Waals surface area contributed by atoms with Gasteiger partial charge in [-0.25, -0.2) is 0 Å². The Kier molecular flexibility index (Phi) is 4.66. The molecule has 2 nitrogen and oxygen atoms in total. The van der Waals surface area contributed by atoms with Crippen molar-refractivity contribution >= 4 is 0 Å². The minimum absolute atomic E-state index is 0.834. The first-order valence-electron chi connectivity index (χ1n) is 7.29. The summed E-state index contributed by atoms with van der Waals surface area (Å²) in [5, 5.41) is 3.84. The van der Waals surface area contributed by atoms with Gasteiger partial charge >= 0.3 is 0 Å². The molecule has 0 bridgehead atoms. The van der Waals surface area contributed by atoms with Gasteiger partial charge in [-0.2, -0.15) is 0 Å². The molecule has 1 saturated carbocycles. The van der Waals surface area contributed by atoms with Gasteiger partial charge in [-0.1, -0.05) is 20.3 Å². The van der Waals surface area contributed by atoms with E-state index in [4.69, 9.17) is 0 Å². The Morgan fingerprint density at radius 1 is 1.25 bits per heavy atom. The molecule has 0 spiro atoms. The molecule has 2 aliphatic rings. The summed E-state index contributed by atoms with van der Waals surface area (Å²) in [6.45, 7) is 9.73. The van der Waals surface area contributed by atoms with Crippen LogP contribution in [-0.2, 0) is 0 Å². The average molecular weight is 224 g/mol. The van der Waals surface area contributed by atoms with Crippen LogP contribution in [0.4, 0.5) is 0 Å². The fraction of sp³-hybridized carbons (Fsp3) is 1.00. The summed E-state index contributed by atoms with van der Waals surface area (Å²) in [6.07, 6.45) is 7.08. The van der Waals surface area contributed by atoms with Gasteiger partial charge in [0.2, 0.25) is 0 Å². The normalized spacial score (nSPS) is 28.5. The average Bonchev–Trinajstić information content (AvgIpc) is 3.03. The summed E-state index contributed by atoms with van der Waals surface area (Å²) >= 11 is 0. The van der Waals surface area contributed by atoms with E-state index in [2.05, 4.69) is 24.1 Å². The lowest BCUT2D eigenvalue weighted by Crippen LogP contribution is -2.35. The van der Waals surface area contributed by atoms with Crippen molar-refractivity contribution in [2.75, 3.05) is 26.2 Å². The second-order valence-corrected chi connectivity index (χ2v) is 5.69. The third-order valence-corrected chi connectivity index (χ3v) is 4.28. The van der Waals surface area contributed by atoms with Crippen molar-refractivity contribution in [3.63, 3.8) is 0 Å². The molecular weight excluding hydrogens is 196 g/mol. The van der Waals surface area contributed by atoms with Crippen LogP contribution in [0.1, 0.15) is 46.0 Å². The Morgan fingerprint density at radius 3 is 2.62 bits per heavy atom. The van der Waals surface area contributed by atoms with Gasteiger partial charge in [-0.05, 0) is 57.2 Å². The summed E-state index contributed by atoms with van der Waals surface area (Å²) in [5.74, 6) is 1.93. The van der Waals surface area contributed by atoms with E-state index < -0.39 is 0 Å². The van der Waals surface area contributed by atoms with Crippen molar-refractivity contribution in [3.05, 3.63) is 0 Å². The van der Waals surface area contributed by atoms with Gasteiger partial charge in [0, 0.05) is 12.6 Å². The van der Waals surface area contributed by atoms with Gasteiger partial charge in [0.15, 0.2) is 0 Å². The number of likely N-dealkylation sites (tertiary alicyclic amines) is 1. The summed E-state index contributed by atoms with van der Waals surface area (Å²) in [6, 6.07) is 0.834. The maximum atomic E-state index is 3.84. The molecular formula is C14H28N2. The highest BCUT2D eigenvalue weighted by atomic mass is 15.1. The second-order valence-electron chi connectivity index (χ2n) is 5.69. The molecule has 0 radical (unpaired) electrons. The second kappa shape index (κ2) is 6.02. The van der Waals surface area contributed by atoms with Crippen molar-refractivity contribution in [3.8, 4) is 0 Å². The topological polar surface area (TPSA) is 15.3 Å². The van der Waals surface area contributed by atoms with Crippen LogP contribution in [0, 0.1) is 11.8 Å². The molecule has 0 amide bonds. The van der Waals surface area contributed by atoms with Crippen molar-refractivity contribution in [1.82, 2.24) is 10.2 Å². The molecule has 1 N–H and O–H groups in total. The quantitative estimate of drug-likeness (QED) is 0.715. The van der Waals surface area contributed by atoms with E-state index in [0.717, 1.165) is 17.9 Å². The molecule has 1 aliphatic carbocycles. The van der Waals surface area contributed by atoms with E-state index >= 15 is 0 Å². The van der Waals surface area contributed by atoms with E-state index in [0.29, 0.717) is 0 Å². The Bertz CT molecular complexity index is 201. The van der Waals surface area contributed by atoms with Gasteiger partial charge in [-0.3, -0.25) is 0 Å². The van der Waals surface area contributed by atoms with Crippen LogP contribution in [0.5, 0.6) is 0 Å². The lowest BCUT2D eigenvalue weighted by atomic mass is 10.0. The Balaban J connectivity index is 1.65. The molecule has 94 valence electrons. The summed E-state index contributed by atoms with van der Waals surface area (Å²) in [4.78, 5) is 2.58. The van der Waals surface area contributed by atoms with E-state index in [1.807, 2.05) is 0 Å². The summed E-state index contributed by atoms with van der Waals surface area (Å²) in [5.41, 5.74) is 0. The number of hydrogen-bond acceptors (Lipinski definition) is 2. The Hall–Kier alpha value is -0.0800. The van der Waals surface area contributed by atoms with Gasteiger partial charge in [0.05, 0.1) is 0 Å². The van der Waals surface area contributed by atoms with Crippen molar-refractivity contribution in [1.29, 1.82) is 0 Å². The van der Waals surface area contributed by atoms with Gasteiger partial charge in [0.1, 0.15) is 0 Å². The zero-order chi connectivity index (χ0) is 11.4. The summed E-state index contributed by atoms with van der Waals surface area (Å²) < 4.78 is 0. The fourth-order valence-corrected chi connectivity index (χ4v) is 3.00. The Morgan fingerprint density at radius 2 is 2.06 bits per heavy atom. The molecule has 2 heteroatoms. The molecule has 16 heavy (non-hydrogen) atoms. The van der Waals surface area contributed by atoms with E-state index in [9.17, 15) is 0 Å². The highest BCUT2D eigenvalue weighted by Gasteiger charge is 2.31. The van der Waals surface area contributed by atoms with Crippen LogP contribution in [0.3, 0.4) is 0 Å². The maximum absolute atomic E-state index is 3.84. The Labute approximate surface area is 101 Å². The molecule has 2 rings (SSSR count). The van der Waals surface area contributed by atoms with Gasteiger partial charge in [0.25, 0.3) is 0 Å². The molecule has 1 aliphatic heterocycles. The van der Waals surface area contributed by atoms with E-state index in [-0.39, 0.29) is 0 Å². The smallest absolute Gasteiger partial charge is 0.00953 e. The first kappa shape index (κ1) is 12.4. The zero-order valence-corrected chi connectivity index (χ0v) is 11.0. The SMILES string of the molecule is CCCC(NCC1CCN(CC)C1)C1CC1. The predicted octanol–water partition coefficient (Wildman–Crippen LogP) is 2.50. The molecule has 0 aromatic carbocycles. The number of rotatable bonds is 7. The lowest BCUT2D eigenvalue weighted by molar-refractivity contribution is 0.328. The van der Waals surface area contributed by atoms with Gasteiger partial charge < -0.3 is 10.2 Å². The standard InChI is InChI=1S/C14H28N2/c1-3-5-14(13-6-7-13)15-10-12-8-9-16(4-2)11-12/h12-15H,3-11H2,1-2H3. The van der Waals surface area contributed by atoms with Crippen LogP contribution in [0.25, 0.3) is 0 Å².